The summed E-state index contributed by atoms with van der Waals surface area (Å²) in [7, 11) is -2.12. The zero-order chi connectivity index (χ0) is 17.6. The molecule has 0 radical (unpaired) electrons. The van der Waals surface area contributed by atoms with Crippen LogP contribution in [-0.4, -0.2) is 21.4 Å². The van der Waals surface area contributed by atoms with Crippen molar-refractivity contribution in [2.45, 2.75) is 11.4 Å². The lowest BCUT2D eigenvalue weighted by atomic mass is 10.2. The Morgan fingerprint density at radius 2 is 1.92 bits per heavy atom. The topological polar surface area (TPSA) is 98.5 Å². The van der Waals surface area contributed by atoms with Gasteiger partial charge in [0.2, 0.25) is 15.9 Å². The fourth-order valence-corrected chi connectivity index (χ4v) is 2.48. The van der Waals surface area contributed by atoms with Crippen LogP contribution in [0.4, 0.5) is 0 Å². The Labute approximate surface area is 141 Å². The molecule has 2 aromatic rings. The first-order chi connectivity index (χ1) is 11.4. The van der Waals surface area contributed by atoms with Gasteiger partial charge in [-0.1, -0.05) is 24.3 Å². The molecule has 6 nitrogen and oxygen atoms in total. The van der Waals surface area contributed by atoms with E-state index in [4.69, 9.17) is 9.88 Å². The van der Waals surface area contributed by atoms with Crippen LogP contribution in [0, 0.1) is 0 Å². The number of hydrogen-bond donors (Lipinski definition) is 2. The van der Waals surface area contributed by atoms with Crippen LogP contribution in [0.3, 0.4) is 0 Å². The second-order valence-electron chi connectivity index (χ2n) is 5.02. The Bertz CT molecular complexity index is 843. The fraction of sp³-hybridized carbons (Fsp3) is 0.118. The van der Waals surface area contributed by atoms with Crippen LogP contribution in [-0.2, 0) is 21.4 Å². The standard InChI is InChI=1S/C17H18N2O4S/c1-23-15-4-2-3-13(11-15)7-10-17(20)19-12-14-5-8-16(9-6-14)24(18,21)22/h2-11H,12H2,1H3,(H,19,20)(H2,18,21,22)/b10-7+. The fourth-order valence-electron chi connectivity index (χ4n) is 1.96. The minimum absolute atomic E-state index is 0.0375. The van der Waals surface area contributed by atoms with E-state index in [2.05, 4.69) is 5.32 Å². The molecule has 0 atom stereocenters. The number of sulfonamides is 1. The monoisotopic (exact) mass is 346 g/mol. The van der Waals surface area contributed by atoms with Crippen molar-refractivity contribution in [2.75, 3.05) is 7.11 Å². The number of rotatable bonds is 6. The van der Waals surface area contributed by atoms with Gasteiger partial charge in [-0.15, -0.1) is 0 Å². The number of primary sulfonamides is 1. The SMILES string of the molecule is COc1cccc(/C=C/C(=O)NCc2ccc(S(N)(=O)=O)cc2)c1. The Morgan fingerprint density at radius 3 is 2.54 bits per heavy atom. The van der Waals surface area contributed by atoms with E-state index in [-0.39, 0.29) is 17.3 Å². The molecule has 0 fully saturated rings. The summed E-state index contributed by atoms with van der Waals surface area (Å²) in [5.41, 5.74) is 1.62. The summed E-state index contributed by atoms with van der Waals surface area (Å²) in [6.07, 6.45) is 3.11. The summed E-state index contributed by atoms with van der Waals surface area (Å²) >= 11 is 0. The van der Waals surface area contributed by atoms with Crippen molar-refractivity contribution in [3.05, 3.63) is 65.7 Å². The van der Waals surface area contributed by atoms with Gasteiger partial charge >= 0.3 is 0 Å². The molecule has 1 amide bonds. The lowest BCUT2D eigenvalue weighted by molar-refractivity contribution is -0.116. The second-order valence-corrected chi connectivity index (χ2v) is 6.58. The first kappa shape index (κ1) is 17.7. The number of carbonyl (C=O) groups excluding carboxylic acids is 1. The van der Waals surface area contributed by atoms with E-state index in [0.717, 1.165) is 11.1 Å². The summed E-state index contributed by atoms with van der Waals surface area (Å²) in [5, 5.41) is 7.75. The molecule has 2 aromatic carbocycles. The highest BCUT2D eigenvalue weighted by molar-refractivity contribution is 7.89. The molecule has 0 heterocycles. The Balaban J connectivity index is 1.92. The molecule has 3 N–H and O–H groups in total. The summed E-state index contributed by atoms with van der Waals surface area (Å²) in [6.45, 7) is 0.284. The maximum absolute atomic E-state index is 11.8. The minimum Gasteiger partial charge on any atom is -0.497 e. The molecule has 0 aliphatic carbocycles. The van der Waals surface area contributed by atoms with Crippen molar-refractivity contribution in [1.82, 2.24) is 5.32 Å². The molecule has 24 heavy (non-hydrogen) atoms. The molecule has 0 aliphatic rings. The zero-order valence-corrected chi connectivity index (χ0v) is 13.9. The summed E-state index contributed by atoms with van der Waals surface area (Å²) < 4.78 is 27.4. The lowest BCUT2D eigenvalue weighted by Crippen LogP contribution is -2.20. The third kappa shape index (κ3) is 5.22. The average Bonchev–Trinajstić information content (AvgIpc) is 2.58. The van der Waals surface area contributed by atoms with Crippen molar-refractivity contribution in [1.29, 1.82) is 0 Å². The van der Waals surface area contributed by atoms with Crippen molar-refractivity contribution in [2.24, 2.45) is 5.14 Å². The van der Waals surface area contributed by atoms with Gasteiger partial charge in [-0.25, -0.2) is 13.6 Å². The third-order valence-electron chi connectivity index (χ3n) is 3.24. The number of hydrogen-bond acceptors (Lipinski definition) is 4. The summed E-state index contributed by atoms with van der Waals surface area (Å²) in [5.74, 6) is 0.459. The van der Waals surface area contributed by atoms with E-state index in [9.17, 15) is 13.2 Å². The minimum atomic E-state index is -3.70. The van der Waals surface area contributed by atoms with Crippen LogP contribution < -0.4 is 15.2 Å². The van der Waals surface area contributed by atoms with Gasteiger partial charge in [0.25, 0.3) is 0 Å². The predicted octanol–water partition coefficient (Wildman–Crippen LogP) is 1.67. The molecule has 0 aromatic heterocycles. The highest BCUT2D eigenvalue weighted by Crippen LogP contribution is 2.13. The predicted molar refractivity (Wildman–Crippen MR) is 91.7 cm³/mol. The maximum atomic E-state index is 11.8. The Kier molecular flexibility index (Phi) is 5.73. The van der Waals surface area contributed by atoms with Crippen LogP contribution in [0.1, 0.15) is 11.1 Å². The van der Waals surface area contributed by atoms with Gasteiger partial charge in [0.05, 0.1) is 12.0 Å². The van der Waals surface area contributed by atoms with E-state index in [0.29, 0.717) is 5.75 Å². The number of nitrogens with two attached hydrogens (primary N) is 1. The summed E-state index contributed by atoms with van der Waals surface area (Å²) in [4.78, 5) is 11.9. The number of methoxy groups -OCH3 is 1. The molecule has 0 bridgehead atoms. The molecule has 0 saturated heterocycles. The molecule has 0 unspecified atom stereocenters. The average molecular weight is 346 g/mol. The van der Waals surface area contributed by atoms with E-state index >= 15 is 0 Å². The first-order valence-corrected chi connectivity index (χ1v) is 8.65. The smallest absolute Gasteiger partial charge is 0.244 e. The largest absolute Gasteiger partial charge is 0.497 e. The number of ether oxygens (including phenoxy) is 1. The van der Waals surface area contributed by atoms with Gasteiger partial charge in [-0.3, -0.25) is 4.79 Å². The number of carbonyl (C=O) groups is 1. The number of benzene rings is 2. The quantitative estimate of drug-likeness (QED) is 0.777. The van der Waals surface area contributed by atoms with Gasteiger partial charge in [-0.2, -0.15) is 0 Å². The molecule has 2 rings (SSSR count). The Hall–Kier alpha value is -2.64. The first-order valence-electron chi connectivity index (χ1n) is 7.10. The van der Waals surface area contributed by atoms with E-state index in [1.54, 1.807) is 25.3 Å². The number of amides is 1. The van der Waals surface area contributed by atoms with Gasteiger partial charge in [0.1, 0.15) is 5.75 Å². The van der Waals surface area contributed by atoms with Gasteiger partial charge in [-0.05, 0) is 41.5 Å². The van der Waals surface area contributed by atoms with Crippen molar-refractivity contribution in [3.63, 3.8) is 0 Å². The molecular formula is C17H18N2O4S. The van der Waals surface area contributed by atoms with Crippen LogP contribution in [0.2, 0.25) is 0 Å². The zero-order valence-electron chi connectivity index (χ0n) is 13.1. The van der Waals surface area contributed by atoms with Crippen LogP contribution in [0.5, 0.6) is 5.75 Å². The van der Waals surface area contributed by atoms with Crippen LogP contribution in [0.25, 0.3) is 6.08 Å². The van der Waals surface area contributed by atoms with Gasteiger partial charge < -0.3 is 10.1 Å². The molecule has 0 saturated carbocycles. The van der Waals surface area contributed by atoms with Crippen molar-refractivity contribution < 1.29 is 17.9 Å². The van der Waals surface area contributed by atoms with Gasteiger partial charge in [0, 0.05) is 12.6 Å². The van der Waals surface area contributed by atoms with Crippen LogP contribution >= 0.6 is 0 Å². The van der Waals surface area contributed by atoms with Gasteiger partial charge in [0.15, 0.2) is 0 Å². The summed E-state index contributed by atoms with van der Waals surface area (Å²) in [6, 6.07) is 13.4. The maximum Gasteiger partial charge on any atom is 0.244 e. The van der Waals surface area contributed by atoms with E-state index in [1.165, 1.54) is 18.2 Å². The highest BCUT2D eigenvalue weighted by atomic mass is 32.2. The molecule has 0 aliphatic heterocycles. The molecule has 0 spiro atoms. The lowest BCUT2D eigenvalue weighted by Gasteiger charge is -2.04. The van der Waals surface area contributed by atoms with E-state index < -0.39 is 10.0 Å². The number of nitrogens with one attached hydrogen (secondary N) is 1. The van der Waals surface area contributed by atoms with Crippen molar-refractivity contribution in [3.8, 4) is 5.75 Å². The molecule has 7 heteroatoms. The molecular weight excluding hydrogens is 328 g/mol. The van der Waals surface area contributed by atoms with Crippen molar-refractivity contribution >= 4 is 22.0 Å². The second kappa shape index (κ2) is 7.76. The highest BCUT2D eigenvalue weighted by Gasteiger charge is 2.06. The third-order valence-corrected chi connectivity index (χ3v) is 4.17. The van der Waals surface area contributed by atoms with Crippen LogP contribution in [0.15, 0.2) is 59.5 Å². The Morgan fingerprint density at radius 1 is 1.21 bits per heavy atom. The van der Waals surface area contributed by atoms with E-state index in [1.807, 2.05) is 24.3 Å². The molecule has 126 valence electrons. The normalized spacial score (nSPS) is 11.4.